The topological polar surface area (TPSA) is 147 Å². The molecule has 48 heavy (non-hydrogen) atoms. The highest BCUT2D eigenvalue weighted by atomic mass is 19.1. The molecule has 2 unspecified atom stereocenters. The number of nitrogens with one attached hydrogen (secondary N) is 3. The predicted octanol–water partition coefficient (Wildman–Crippen LogP) is 4.47. The van der Waals surface area contributed by atoms with E-state index >= 15 is 0 Å². The fourth-order valence-electron chi connectivity index (χ4n) is 6.13. The van der Waals surface area contributed by atoms with E-state index in [1.165, 1.54) is 4.90 Å². The molecule has 0 spiro atoms. The SMILES string of the molecule is C[C@@H](c1c[nH]c2ccccc12)[C@@H](NC(=O)C1CCCN(C(=O)Cc2cc(F)cc(F)c2)C1)C(=O)NC(CCCCN)C(=O)OC(C)(C)C. The first-order valence-corrected chi connectivity index (χ1v) is 16.6. The second kappa shape index (κ2) is 16.2. The minimum atomic E-state index is -1.07. The van der Waals surface area contributed by atoms with E-state index in [1.807, 2.05) is 37.4 Å². The fourth-order valence-corrected chi connectivity index (χ4v) is 6.13. The quantitative estimate of drug-likeness (QED) is 0.156. The Labute approximate surface area is 280 Å². The van der Waals surface area contributed by atoms with Crippen LogP contribution in [-0.4, -0.2) is 70.9 Å². The molecule has 4 atom stereocenters. The van der Waals surface area contributed by atoms with Crippen molar-refractivity contribution in [2.24, 2.45) is 11.7 Å². The molecule has 0 aliphatic carbocycles. The summed E-state index contributed by atoms with van der Waals surface area (Å²) in [5, 5.41) is 6.70. The highest BCUT2D eigenvalue weighted by Gasteiger charge is 2.36. The lowest BCUT2D eigenvalue weighted by Gasteiger charge is -2.34. The number of aromatic amines is 1. The van der Waals surface area contributed by atoms with Gasteiger partial charge in [-0.2, -0.15) is 0 Å². The van der Waals surface area contributed by atoms with Gasteiger partial charge in [-0.3, -0.25) is 14.4 Å². The van der Waals surface area contributed by atoms with Crippen LogP contribution in [0.25, 0.3) is 10.9 Å². The maximum absolute atomic E-state index is 14.1. The van der Waals surface area contributed by atoms with Crippen molar-refractivity contribution in [2.45, 2.75) is 89.8 Å². The van der Waals surface area contributed by atoms with Crippen LogP contribution >= 0.6 is 0 Å². The molecule has 12 heteroatoms. The second-order valence-corrected chi connectivity index (χ2v) is 13.6. The average Bonchev–Trinajstić information content (AvgIpc) is 3.46. The third-order valence-electron chi connectivity index (χ3n) is 8.57. The highest BCUT2D eigenvalue weighted by Crippen LogP contribution is 2.29. The number of hydrogen-bond acceptors (Lipinski definition) is 6. The molecule has 0 bridgehead atoms. The summed E-state index contributed by atoms with van der Waals surface area (Å²) >= 11 is 0. The van der Waals surface area contributed by atoms with Crippen LogP contribution in [0.2, 0.25) is 0 Å². The summed E-state index contributed by atoms with van der Waals surface area (Å²) in [6.07, 6.45) is 4.19. The van der Waals surface area contributed by atoms with Crippen LogP contribution in [0.15, 0.2) is 48.7 Å². The largest absolute Gasteiger partial charge is 0.458 e. The number of para-hydroxylation sites is 1. The van der Waals surface area contributed by atoms with Crippen molar-refractivity contribution in [3.8, 4) is 0 Å². The number of fused-ring (bicyclic) bond motifs is 1. The first kappa shape index (κ1) is 36.5. The van der Waals surface area contributed by atoms with Gasteiger partial charge in [0.25, 0.3) is 0 Å². The van der Waals surface area contributed by atoms with Gasteiger partial charge < -0.3 is 31.0 Å². The number of rotatable bonds is 13. The first-order chi connectivity index (χ1) is 22.8. The van der Waals surface area contributed by atoms with E-state index in [2.05, 4.69) is 15.6 Å². The molecule has 5 N–H and O–H groups in total. The average molecular weight is 668 g/mol. The van der Waals surface area contributed by atoms with E-state index in [0.29, 0.717) is 45.2 Å². The van der Waals surface area contributed by atoms with Crippen LogP contribution in [-0.2, 0) is 30.3 Å². The number of benzene rings is 2. The van der Waals surface area contributed by atoms with E-state index in [4.69, 9.17) is 10.5 Å². The molecule has 3 aromatic rings. The maximum atomic E-state index is 14.1. The van der Waals surface area contributed by atoms with Crippen LogP contribution in [0.5, 0.6) is 0 Å². The van der Waals surface area contributed by atoms with Crippen LogP contribution in [0, 0.1) is 17.6 Å². The number of nitrogens with zero attached hydrogens (tertiary/aromatic N) is 1. The van der Waals surface area contributed by atoms with Gasteiger partial charge in [-0.25, -0.2) is 13.6 Å². The van der Waals surface area contributed by atoms with E-state index in [9.17, 15) is 28.0 Å². The zero-order valence-corrected chi connectivity index (χ0v) is 28.1. The summed E-state index contributed by atoms with van der Waals surface area (Å²) in [6.45, 7) is 8.02. The van der Waals surface area contributed by atoms with Gasteiger partial charge in [0.1, 0.15) is 29.3 Å². The van der Waals surface area contributed by atoms with Gasteiger partial charge >= 0.3 is 5.97 Å². The lowest BCUT2D eigenvalue weighted by Crippen LogP contribution is -2.56. The number of carbonyl (C=O) groups is 4. The molecule has 2 heterocycles. The number of unbranched alkanes of at least 4 members (excludes halogenated alkanes) is 1. The van der Waals surface area contributed by atoms with Crippen LogP contribution in [0.1, 0.15) is 76.8 Å². The van der Waals surface area contributed by atoms with Crippen molar-refractivity contribution in [3.63, 3.8) is 0 Å². The number of H-pyrrole nitrogens is 1. The third-order valence-corrected chi connectivity index (χ3v) is 8.57. The molecular formula is C36H47F2N5O5. The van der Waals surface area contributed by atoms with E-state index in [1.54, 1.807) is 20.8 Å². The summed E-state index contributed by atoms with van der Waals surface area (Å²) in [5.41, 5.74) is 6.80. The van der Waals surface area contributed by atoms with Crippen molar-refractivity contribution in [3.05, 3.63) is 71.4 Å². The third kappa shape index (κ3) is 9.85. The molecule has 10 nitrogen and oxygen atoms in total. The molecule has 1 aliphatic heterocycles. The number of likely N-dealkylation sites (tertiary alicyclic amines) is 1. The molecule has 3 amide bonds. The monoisotopic (exact) mass is 667 g/mol. The number of amides is 3. The van der Waals surface area contributed by atoms with Gasteiger partial charge in [0.05, 0.1) is 12.3 Å². The summed E-state index contributed by atoms with van der Waals surface area (Å²) in [7, 11) is 0. The zero-order valence-electron chi connectivity index (χ0n) is 28.1. The maximum Gasteiger partial charge on any atom is 0.329 e. The molecule has 1 saturated heterocycles. The normalized spacial score (nSPS) is 17.0. The van der Waals surface area contributed by atoms with E-state index in [-0.39, 0.29) is 24.4 Å². The lowest BCUT2D eigenvalue weighted by molar-refractivity contribution is -0.159. The molecule has 1 fully saturated rings. The molecule has 0 radical (unpaired) electrons. The minimum absolute atomic E-state index is 0.0951. The Morgan fingerprint density at radius 2 is 1.77 bits per heavy atom. The van der Waals surface area contributed by atoms with Crippen molar-refractivity contribution >= 4 is 34.6 Å². The van der Waals surface area contributed by atoms with Crippen LogP contribution in [0.4, 0.5) is 8.78 Å². The number of aromatic nitrogens is 1. The Morgan fingerprint density at radius 3 is 2.46 bits per heavy atom. The Kier molecular flexibility index (Phi) is 12.3. The van der Waals surface area contributed by atoms with Gasteiger partial charge in [-0.05, 0) is 88.7 Å². The molecule has 1 aliphatic rings. The smallest absolute Gasteiger partial charge is 0.329 e. The van der Waals surface area contributed by atoms with Gasteiger partial charge in [0, 0.05) is 42.2 Å². The number of halogens is 2. The fraction of sp³-hybridized carbons (Fsp3) is 0.500. The molecular weight excluding hydrogens is 620 g/mol. The Balaban J connectivity index is 1.55. The number of esters is 1. The number of carbonyl (C=O) groups excluding carboxylic acids is 4. The summed E-state index contributed by atoms with van der Waals surface area (Å²) in [6, 6.07) is 8.59. The lowest BCUT2D eigenvalue weighted by atomic mass is 9.90. The summed E-state index contributed by atoms with van der Waals surface area (Å²) in [4.78, 5) is 58.9. The summed E-state index contributed by atoms with van der Waals surface area (Å²) < 4.78 is 33.0. The van der Waals surface area contributed by atoms with E-state index in [0.717, 1.165) is 34.7 Å². The van der Waals surface area contributed by atoms with Gasteiger partial charge in [-0.1, -0.05) is 25.1 Å². The molecule has 2 aromatic carbocycles. The van der Waals surface area contributed by atoms with Crippen molar-refractivity contribution < 1.29 is 32.7 Å². The molecule has 4 rings (SSSR count). The molecule has 0 saturated carbocycles. The van der Waals surface area contributed by atoms with Crippen LogP contribution < -0.4 is 16.4 Å². The van der Waals surface area contributed by atoms with Crippen molar-refractivity contribution in [1.29, 1.82) is 0 Å². The molecule has 1 aromatic heterocycles. The standard InChI is InChI=1S/C36H47F2N5O5/c1-22(28-20-40-29-12-6-5-11-27(28)29)32(34(46)41-30(13-7-8-14-39)35(47)48-36(2,3)4)42-33(45)24-10-9-15-43(21-24)31(44)18-23-16-25(37)19-26(38)17-23/h5-6,11-12,16-17,19-20,22,24,30,32,40H,7-10,13-15,18,21,39H2,1-4H3,(H,41,46)(H,42,45)/t22-,24?,30?,32+/m0/s1. The van der Waals surface area contributed by atoms with Crippen molar-refractivity contribution in [1.82, 2.24) is 20.5 Å². The Morgan fingerprint density at radius 1 is 1.06 bits per heavy atom. The van der Waals surface area contributed by atoms with Gasteiger partial charge in [0.2, 0.25) is 17.7 Å². The Hall–Kier alpha value is -4.32. The number of hydrogen-bond donors (Lipinski definition) is 4. The number of ether oxygens (including phenoxy) is 1. The first-order valence-electron chi connectivity index (χ1n) is 16.6. The second-order valence-electron chi connectivity index (χ2n) is 13.6. The zero-order chi connectivity index (χ0) is 35.0. The minimum Gasteiger partial charge on any atom is -0.458 e. The van der Waals surface area contributed by atoms with E-state index < -0.39 is 58.9 Å². The van der Waals surface area contributed by atoms with Crippen molar-refractivity contribution in [2.75, 3.05) is 19.6 Å². The summed E-state index contributed by atoms with van der Waals surface area (Å²) in [5.74, 6) is -4.55. The number of piperidine rings is 1. The van der Waals surface area contributed by atoms with Crippen LogP contribution in [0.3, 0.4) is 0 Å². The number of nitrogens with two attached hydrogens (primary N) is 1. The Bertz CT molecular complexity index is 1580. The molecule has 260 valence electrons. The predicted molar refractivity (Wildman–Crippen MR) is 179 cm³/mol. The van der Waals surface area contributed by atoms with Gasteiger partial charge in [-0.15, -0.1) is 0 Å². The van der Waals surface area contributed by atoms with Gasteiger partial charge in [0.15, 0.2) is 0 Å². The highest BCUT2D eigenvalue weighted by molar-refractivity contribution is 5.93.